The number of fused-ring (bicyclic) bond motifs is 1. The van der Waals surface area contributed by atoms with Crippen LogP contribution in [0.25, 0.3) is 0 Å². The molecule has 4 rings (SSSR count). The Balaban J connectivity index is 1.56. The first-order chi connectivity index (χ1) is 13.5. The predicted octanol–water partition coefficient (Wildman–Crippen LogP) is 3.68. The summed E-state index contributed by atoms with van der Waals surface area (Å²) < 4.78 is 1.87. The number of aromatic nitrogens is 4. The summed E-state index contributed by atoms with van der Waals surface area (Å²) in [6.45, 7) is 3.97. The van der Waals surface area contributed by atoms with E-state index in [1.165, 1.54) is 29.5 Å². The molecule has 28 heavy (non-hydrogen) atoms. The lowest BCUT2D eigenvalue weighted by atomic mass is 9.95. The Morgan fingerprint density at radius 3 is 2.79 bits per heavy atom. The third kappa shape index (κ3) is 4.28. The SMILES string of the molecule is Cc1nnc(NC(=O)CSc2nc3c(c(=O)n2C2CCCCC2)SC(C)C3)s1. The molecule has 1 aliphatic heterocycles. The maximum Gasteiger partial charge on any atom is 0.268 e. The van der Waals surface area contributed by atoms with Crippen molar-refractivity contribution >= 4 is 45.9 Å². The maximum atomic E-state index is 13.2. The van der Waals surface area contributed by atoms with Crippen molar-refractivity contribution < 1.29 is 4.79 Å². The van der Waals surface area contributed by atoms with Crippen LogP contribution >= 0.6 is 34.9 Å². The Labute approximate surface area is 176 Å². The number of anilines is 1. The second-order valence-electron chi connectivity index (χ2n) is 7.23. The summed E-state index contributed by atoms with van der Waals surface area (Å²) in [7, 11) is 0. The Kier molecular flexibility index (Phi) is 6.07. The highest BCUT2D eigenvalue weighted by Gasteiger charge is 2.29. The van der Waals surface area contributed by atoms with Gasteiger partial charge in [0.2, 0.25) is 11.0 Å². The summed E-state index contributed by atoms with van der Waals surface area (Å²) in [6, 6.07) is 0.187. The maximum absolute atomic E-state index is 13.2. The molecule has 10 heteroatoms. The molecule has 2 aromatic heterocycles. The van der Waals surface area contributed by atoms with Crippen LogP contribution in [0, 0.1) is 6.92 Å². The first-order valence-electron chi connectivity index (χ1n) is 9.56. The number of aryl methyl sites for hydroxylation is 1. The Morgan fingerprint density at radius 1 is 1.29 bits per heavy atom. The van der Waals surface area contributed by atoms with E-state index in [-0.39, 0.29) is 23.3 Å². The number of amides is 1. The quantitative estimate of drug-likeness (QED) is 0.564. The molecule has 0 aromatic carbocycles. The highest BCUT2D eigenvalue weighted by molar-refractivity contribution is 8.00. The third-order valence-corrected chi connectivity index (χ3v) is 7.88. The van der Waals surface area contributed by atoms with Crippen LogP contribution in [0.2, 0.25) is 0 Å². The van der Waals surface area contributed by atoms with Gasteiger partial charge >= 0.3 is 0 Å². The molecule has 1 N–H and O–H groups in total. The van der Waals surface area contributed by atoms with Crippen LogP contribution in [0.15, 0.2) is 14.8 Å². The van der Waals surface area contributed by atoms with Crippen molar-refractivity contribution in [2.24, 2.45) is 0 Å². The number of carbonyl (C=O) groups excluding carboxylic acids is 1. The van der Waals surface area contributed by atoms with Crippen LogP contribution in [0.3, 0.4) is 0 Å². The van der Waals surface area contributed by atoms with Gasteiger partial charge in [-0.3, -0.25) is 19.5 Å². The summed E-state index contributed by atoms with van der Waals surface area (Å²) in [5.74, 6) is 0.0352. The molecule has 1 atom stereocenters. The molecule has 2 aromatic rings. The van der Waals surface area contributed by atoms with Crippen LogP contribution in [0.5, 0.6) is 0 Å². The molecule has 0 spiro atoms. The summed E-state index contributed by atoms with van der Waals surface area (Å²) >= 11 is 4.32. The molecule has 0 saturated heterocycles. The average Bonchev–Trinajstić information content (AvgIpc) is 3.25. The topological polar surface area (TPSA) is 89.8 Å². The van der Waals surface area contributed by atoms with E-state index in [2.05, 4.69) is 22.4 Å². The third-order valence-electron chi connectivity index (χ3n) is 4.96. The second kappa shape index (κ2) is 8.54. The van der Waals surface area contributed by atoms with Crippen LogP contribution in [-0.2, 0) is 11.2 Å². The van der Waals surface area contributed by atoms with Crippen molar-refractivity contribution in [2.75, 3.05) is 11.1 Å². The fourth-order valence-corrected chi connectivity index (χ4v) is 6.30. The molecule has 3 heterocycles. The zero-order chi connectivity index (χ0) is 19.7. The smallest absolute Gasteiger partial charge is 0.268 e. The molecule has 1 saturated carbocycles. The van der Waals surface area contributed by atoms with Crippen molar-refractivity contribution in [3.05, 3.63) is 21.1 Å². The van der Waals surface area contributed by atoms with Crippen molar-refractivity contribution in [2.45, 2.75) is 73.7 Å². The number of thioether (sulfide) groups is 2. The summed E-state index contributed by atoms with van der Waals surface area (Å²) in [5, 5.41) is 13.0. The van der Waals surface area contributed by atoms with E-state index < -0.39 is 0 Å². The van der Waals surface area contributed by atoms with Gasteiger partial charge in [0.05, 0.1) is 16.3 Å². The van der Waals surface area contributed by atoms with Crippen molar-refractivity contribution in [1.29, 1.82) is 0 Å². The minimum atomic E-state index is -0.158. The lowest BCUT2D eigenvalue weighted by Gasteiger charge is -2.26. The minimum absolute atomic E-state index is 0.0777. The zero-order valence-electron chi connectivity index (χ0n) is 15.9. The zero-order valence-corrected chi connectivity index (χ0v) is 18.4. The summed E-state index contributed by atoms with van der Waals surface area (Å²) in [6.07, 6.45) is 6.32. The highest BCUT2D eigenvalue weighted by atomic mass is 32.2. The molecule has 0 radical (unpaired) electrons. The first kappa shape index (κ1) is 19.9. The van der Waals surface area contributed by atoms with E-state index in [4.69, 9.17) is 4.98 Å². The average molecular weight is 438 g/mol. The largest absolute Gasteiger partial charge is 0.300 e. The lowest BCUT2D eigenvalue weighted by molar-refractivity contribution is -0.113. The normalized spacial score (nSPS) is 19.6. The fraction of sp³-hybridized carbons (Fsp3) is 0.611. The Morgan fingerprint density at radius 2 is 2.07 bits per heavy atom. The summed E-state index contributed by atoms with van der Waals surface area (Å²) in [4.78, 5) is 31.2. The number of rotatable bonds is 5. The van der Waals surface area contributed by atoms with E-state index in [0.717, 1.165) is 47.7 Å². The molecule has 150 valence electrons. The van der Waals surface area contributed by atoms with Crippen molar-refractivity contribution in [3.63, 3.8) is 0 Å². The van der Waals surface area contributed by atoms with Gasteiger partial charge in [0.15, 0.2) is 5.16 Å². The van der Waals surface area contributed by atoms with E-state index in [0.29, 0.717) is 15.5 Å². The molecule has 1 unspecified atom stereocenters. The molecule has 1 aliphatic carbocycles. The Hall–Kier alpha value is -1.39. The van der Waals surface area contributed by atoms with Crippen LogP contribution in [0.1, 0.15) is 55.8 Å². The minimum Gasteiger partial charge on any atom is -0.300 e. The van der Waals surface area contributed by atoms with Gasteiger partial charge < -0.3 is 0 Å². The number of hydrogen-bond donors (Lipinski definition) is 1. The number of nitrogens with one attached hydrogen (secondary N) is 1. The van der Waals surface area contributed by atoms with Gasteiger partial charge in [-0.2, -0.15) is 0 Å². The van der Waals surface area contributed by atoms with Crippen LogP contribution in [0.4, 0.5) is 5.13 Å². The van der Waals surface area contributed by atoms with E-state index in [1.807, 2.05) is 11.5 Å². The van der Waals surface area contributed by atoms with Crippen LogP contribution < -0.4 is 10.9 Å². The molecule has 2 aliphatic rings. The lowest BCUT2D eigenvalue weighted by Crippen LogP contribution is -2.30. The van der Waals surface area contributed by atoms with Crippen molar-refractivity contribution in [3.8, 4) is 0 Å². The molecule has 1 fully saturated rings. The van der Waals surface area contributed by atoms with E-state index in [9.17, 15) is 9.59 Å². The molecule has 0 bridgehead atoms. The summed E-state index contributed by atoms with van der Waals surface area (Å²) in [5.41, 5.74) is 0.964. The van der Waals surface area contributed by atoms with E-state index in [1.54, 1.807) is 11.8 Å². The van der Waals surface area contributed by atoms with Crippen LogP contribution in [-0.4, -0.2) is 36.7 Å². The number of carbonyl (C=O) groups is 1. The number of hydrogen-bond acceptors (Lipinski definition) is 8. The first-order valence-corrected chi connectivity index (χ1v) is 12.2. The Bertz CT molecular complexity index is 936. The predicted molar refractivity (Wildman–Crippen MR) is 114 cm³/mol. The fourth-order valence-electron chi connectivity index (χ4n) is 3.71. The van der Waals surface area contributed by atoms with Gasteiger partial charge in [0.25, 0.3) is 5.56 Å². The molecule has 7 nitrogen and oxygen atoms in total. The monoisotopic (exact) mass is 437 g/mol. The second-order valence-corrected chi connectivity index (χ2v) is 10.8. The van der Waals surface area contributed by atoms with Gasteiger partial charge in [-0.05, 0) is 19.8 Å². The molecule has 1 amide bonds. The molecular formula is C18H23N5O2S3. The number of nitrogens with zero attached hydrogens (tertiary/aromatic N) is 4. The van der Waals surface area contributed by atoms with Gasteiger partial charge in [-0.25, -0.2) is 4.98 Å². The highest BCUT2D eigenvalue weighted by Crippen LogP contribution is 2.37. The molecular weight excluding hydrogens is 414 g/mol. The van der Waals surface area contributed by atoms with Gasteiger partial charge in [-0.15, -0.1) is 22.0 Å². The van der Waals surface area contributed by atoms with Gasteiger partial charge in [0.1, 0.15) is 5.01 Å². The van der Waals surface area contributed by atoms with E-state index >= 15 is 0 Å². The van der Waals surface area contributed by atoms with Crippen molar-refractivity contribution in [1.82, 2.24) is 19.7 Å². The van der Waals surface area contributed by atoms with Gasteiger partial charge in [0, 0.05) is 17.7 Å². The standard InChI is InChI=1S/C18H23N5O2S3/c1-10-8-13-15(27-10)16(25)23(12-6-4-3-5-7-12)18(19-13)26-9-14(24)20-17-22-21-11(2)28-17/h10,12H,3-9H2,1-2H3,(H,20,22,24). The van der Waals surface area contributed by atoms with Gasteiger partial charge in [-0.1, -0.05) is 49.3 Å².